The molecule has 1 aliphatic heterocycles. The first kappa shape index (κ1) is 20.1. The average Bonchev–Trinajstić information content (AvgIpc) is 3.31. The quantitative estimate of drug-likeness (QED) is 0.389. The lowest BCUT2D eigenvalue weighted by atomic mass is 9.98. The number of benzene rings is 3. The van der Waals surface area contributed by atoms with E-state index in [1.54, 1.807) is 6.21 Å². The smallest absolute Gasteiger partial charge is 0.154 e. The van der Waals surface area contributed by atoms with Crippen LogP contribution in [0.5, 0.6) is 0 Å². The Balaban J connectivity index is 1.40. The lowest BCUT2D eigenvalue weighted by molar-refractivity contribution is 0.544. The van der Waals surface area contributed by atoms with Crippen LogP contribution in [0, 0.1) is 11.6 Å². The molecule has 152 valence electrons. The largest absolute Gasteiger partial charge is 0.260 e. The van der Waals surface area contributed by atoms with Gasteiger partial charge in [0.25, 0.3) is 0 Å². The van der Waals surface area contributed by atoms with Gasteiger partial charge in [-0.3, -0.25) is 4.99 Å². The maximum atomic E-state index is 14.7. The number of amidine groups is 1. The summed E-state index contributed by atoms with van der Waals surface area (Å²) in [7, 11) is 0. The molecule has 0 aromatic heterocycles. The van der Waals surface area contributed by atoms with Crippen LogP contribution in [0.3, 0.4) is 0 Å². The molecule has 0 amide bonds. The van der Waals surface area contributed by atoms with Crippen molar-refractivity contribution in [2.45, 2.75) is 32.1 Å². The van der Waals surface area contributed by atoms with Crippen LogP contribution in [0.15, 0.2) is 76.7 Å². The van der Waals surface area contributed by atoms with Gasteiger partial charge >= 0.3 is 0 Å². The Morgan fingerprint density at radius 2 is 1.43 bits per heavy atom. The van der Waals surface area contributed by atoms with Crippen LogP contribution in [0.4, 0.5) is 8.78 Å². The second-order valence-electron chi connectivity index (χ2n) is 7.52. The Bertz CT molecular complexity index is 1050. The average molecular weight is 402 g/mol. The van der Waals surface area contributed by atoms with Gasteiger partial charge in [0.05, 0.1) is 6.54 Å². The molecule has 1 aliphatic rings. The number of halogens is 2. The minimum Gasteiger partial charge on any atom is -0.260 e. The van der Waals surface area contributed by atoms with Gasteiger partial charge in [-0.2, -0.15) is 0 Å². The van der Waals surface area contributed by atoms with Crippen molar-refractivity contribution in [2.75, 3.05) is 6.54 Å². The van der Waals surface area contributed by atoms with Gasteiger partial charge in [-0.1, -0.05) is 55.0 Å². The zero-order valence-electron chi connectivity index (χ0n) is 16.8. The maximum Gasteiger partial charge on any atom is 0.154 e. The van der Waals surface area contributed by atoms with Crippen LogP contribution in [0.1, 0.15) is 36.0 Å². The molecule has 0 spiro atoms. The number of aliphatic imine (C=N–C) groups is 2. The van der Waals surface area contributed by atoms with E-state index in [1.807, 2.05) is 42.5 Å². The number of rotatable bonds is 8. The molecule has 2 nitrogen and oxygen atoms in total. The molecule has 0 fully saturated rings. The molecule has 0 atom stereocenters. The fourth-order valence-corrected chi connectivity index (χ4v) is 3.76. The first-order valence-electron chi connectivity index (χ1n) is 10.4. The number of nitrogens with zero attached hydrogens (tertiary/aromatic N) is 2. The zero-order chi connectivity index (χ0) is 20.8. The molecule has 0 saturated carbocycles. The molecule has 30 heavy (non-hydrogen) atoms. The minimum atomic E-state index is -0.477. The van der Waals surface area contributed by atoms with Gasteiger partial charge in [0, 0.05) is 17.3 Å². The highest BCUT2D eigenvalue weighted by molar-refractivity contribution is 6.06. The summed E-state index contributed by atoms with van der Waals surface area (Å²) in [6, 6.07) is 20.6. The molecule has 0 saturated heterocycles. The van der Waals surface area contributed by atoms with Gasteiger partial charge in [-0.25, -0.2) is 13.8 Å². The number of hydrogen-bond acceptors (Lipinski definition) is 2. The van der Waals surface area contributed by atoms with Crippen molar-refractivity contribution in [2.24, 2.45) is 9.98 Å². The monoisotopic (exact) mass is 402 g/mol. The van der Waals surface area contributed by atoms with Crippen molar-refractivity contribution >= 4 is 12.1 Å². The number of aryl methyl sites for hydroxylation is 1. The van der Waals surface area contributed by atoms with Crippen molar-refractivity contribution in [3.8, 4) is 11.1 Å². The van der Waals surface area contributed by atoms with Crippen molar-refractivity contribution < 1.29 is 8.78 Å². The predicted molar refractivity (Wildman–Crippen MR) is 119 cm³/mol. The van der Waals surface area contributed by atoms with Gasteiger partial charge in [-0.05, 0) is 60.6 Å². The highest BCUT2D eigenvalue weighted by Gasteiger charge is 2.13. The molecule has 0 radical (unpaired) electrons. The van der Waals surface area contributed by atoms with E-state index in [0.717, 1.165) is 36.8 Å². The SMILES string of the molecule is Fc1cc(-c2cccc(C3=NCC=N3)c2)cc(F)c1CCCCCc1ccccc1. The first-order valence-corrected chi connectivity index (χ1v) is 10.4. The molecule has 4 heteroatoms. The van der Waals surface area contributed by atoms with Gasteiger partial charge in [0.15, 0.2) is 5.84 Å². The van der Waals surface area contributed by atoms with Crippen molar-refractivity contribution in [1.29, 1.82) is 0 Å². The van der Waals surface area contributed by atoms with Crippen LogP contribution in [0.25, 0.3) is 11.1 Å². The second kappa shape index (κ2) is 9.57. The Morgan fingerprint density at radius 3 is 2.17 bits per heavy atom. The summed E-state index contributed by atoms with van der Waals surface area (Å²) in [5.41, 5.74) is 3.62. The molecule has 1 heterocycles. The van der Waals surface area contributed by atoms with E-state index in [9.17, 15) is 8.78 Å². The van der Waals surface area contributed by atoms with Crippen LogP contribution >= 0.6 is 0 Å². The third-order valence-electron chi connectivity index (χ3n) is 5.37. The Labute approximate surface area is 176 Å². The Morgan fingerprint density at radius 1 is 0.700 bits per heavy atom. The summed E-state index contributed by atoms with van der Waals surface area (Å²) in [4.78, 5) is 8.54. The normalized spacial score (nSPS) is 12.9. The van der Waals surface area contributed by atoms with Gasteiger partial charge in [-0.15, -0.1) is 0 Å². The lowest BCUT2D eigenvalue weighted by Gasteiger charge is -2.10. The van der Waals surface area contributed by atoms with E-state index < -0.39 is 11.6 Å². The van der Waals surface area contributed by atoms with Gasteiger partial charge in [0.1, 0.15) is 11.6 Å². The Hall–Kier alpha value is -3.14. The summed E-state index contributed by atoms with van der Waals surface area (Å²) in [5, 5.41) is 0. The zero-order valence-corrected chi connectivity index (χ0v) is 16.8. The molecular weight excluding hydrogens is 378 g/mol. The van der Waals surface area contributed by atoms with E-state index in [1.165, 1.54) is 17.7 Å². The third kappa shape index (κ3) is 4.88. The van der Waals surface area contributed by atoms with Crippen molar-refractivity contribution in [1.82, 2.24) is 0 Å². The Kier molecular flexibility index (Phi) is 6.43. The van der Waals surface area contributed by atoms with Crippen LogP contribution in [-0.2, 0) is 12.8 Å². The standard InChI is InChI=1S/C26H24F2N2/c27-24-17-22(20-11-7-12-21(16-20)26-29-14-15-30-26)18-25(28)23(24)13-6-2-5-10-19-8-3-1-4-9-19/h1,3-4,7-9,11-12,14,16-18H,2,5-6,10,13,15H2. The topological polar surface area (TPSA) is 24.7 Å². The summed E-state index contributed by atoms with van der Waals surface area (Å²) >= 11 is 0. The molecule has 0 unspecified atom stereocenters. The molecule has 0 aliphatic carbocycles. The highest BCUT2D eigenvalue weighted by atomic mass is 19.1. The van der Waals surface area contributed by atoms with E-state index in [4.69, 9.17) is 0 Å². The highest BCUT2D eigenvalue weighted by Crippen LogP contribution is 2.27. The molecule has 3 aromatic rings. The lowest BCUT2D eigenvalue weighted by Crippen LogP contribution is -1.99. The predicted octanol–water partition coefficient (Wildman–Crippen LogP) is 6.42. The molecule has 0 bridgehead atoms. The van der Waals surface area contributed by atoms with Gasteiger partial charge < -0.3 is 0 Å². The molecule has 4 rings (SSSR count). The van der Waals surface area contributed by atoms with Crippen molar-refractivity contribution in [3.63, 3.8) is 0 Å². The first-order chi connectivity index (χ1) is 14.7. The fraction of sp³-hybridized carbons (Fsp3) is 0.231. The van der Waals surface area contributed by atoms with E-state index in [0.29, 0.717) is 24.4 Å². The molecule has 3 aromatic carbocycles. The van der Waals surface area contributed by atoms with E-state index in [2.05, 4.69) is 22.1 Å². The minimum absolute atomic E-state index is 0.180. The summed E-state index contributed by atoms with van der Waals surface area (Å²) in [6.45, 7) is 0.572. The fourth-order valence-electron chi connectivity index (χ4n) is 3.76. The van der Waals surface area contributed by atoms with Gasteiger partial charge in [0.2, 0.25) is 0 Å². The summed E-state index contributed by atoms with van der Waals surface area (Å²) in [5.74, 6) is -0.297. The summed E-state index contributed by atoms with van der Waals surface area (Å²) < 4.78 is 29.4. The van der Waals surface area contributed by atoms with Crippen molar-refractivity contribution in [3.05, 3.63) is 95.1 Å². The van der Waals surface area contributed by atoms with Crippen LogP contribution < -0.4 is 0 Å². The second-order valence-corrected chi connectivity index (χ2v) is 7.52. The molecular formula is C26H24F2N2. The van der Waals surface area contributed by atoms with E-state index in [-0.39, 0.29) is 5.56 Å². The maximum absolute atomic E-state index is 14.7. The van der Waals surface area contributed by atoms with Crippen LogP contribution in [0.2, 0.25) is 0 Å². The number of hydrogen-bond donors (Lipinski definition) is 0. The third-order valence-corrected chi connectivity index (χ3v) is 5.37. The number of unbranched alkanes of at least 4 members (excludes halogenated alkanes) is 2. The van der Waals surface area contributed by atoms with E-state index >= 15 is 0 Å². The molecule has 0 N–H and O–H groups in total. The van der Waals surface area contributed by atoms with Crippen LogP contribution in [-0.4, -0.2) is 18.6 Å². The summed E-state index contributed by atoms with van der Waals surface area (Å²) in [6.07, 6.45) is 5.89.